The highest BCUT2D eigenvalue weighted by Gasteiger charge is 2.40. The van der Waals surface area contributed by atoms with Crippen molar-refractivity contribution in [1.82, 2.24) is 0 Å². The molecule has 0 radical (unpaired) electrons. The third-order valence-corrected chi connectivity index (χ3v) is 4.68. The van der Waals surface area contributed by atoms with Crippen LogP contribution in [0.25, 0.3) is 0 Å². The van der Waals surface area contributed by atoms with E-state index in [2.05, 4.69) is 12.8 Å². The number of hydrogen-bond donors (Lipinski definition) is 1. The summed E-state index contributed by atoms with van der Waals surface area (Å²) in [5.74, 6) is -1.80. The van der Waals surface area contributed by atoms with Crippen LogP contribution in [-0.4, -0.2) is 46.1 Å². The largest absolute Gasteiger partial charge is 0.463 e. The van der Waals surface area contributed by atoms with Crippen LogP contribution >= 0.6 is 25.0 Å². The molecule has 1 unspecified atom stereocenters. The highest BCUT2D eigenvalue weighted by atomic mass is 32.1. The Bertz CT molecular complexity index is 406. The van der Waals surface area contributed by atoms with Gasteiger partial charge in [0.15, 0.2) is 5.92 Å². The summed E-state index contributed by atoms with van der Waals surface area (Å²) in [6, 6.07) is 0. The molecule has 0 saturated heterocycles. The first-order valence-electron chi connectivity index (χ1n) is 7.61. The maximum atomic E-state index is 12.3. The molecule has 0 aliphatic rings. The minimum Gasteiger partial charge on any atom is -0.463 e. The Morgan fingerprint density at radius 1 is 1.05 bits per heavy atom. The molecule has 0 bridgehead atoms. The van der Waals surface area contributed by atoms with Crippen molar-refractivity contribution in [3.63, 3.8) is 0 Å². The number of ether oxygens (including phenoxy) is 2. The van der Waals surface area contributed by atoms with Crippen molar-refractivity contribution in [2.45, 2.75) is 60.2 Å². The molecule has 0 aliphatic heterocycles. The van der Waals surface area contributed by atoms with Gasteiger partial charge in [-0.15, -0.1) is 0 Å². The predicted octanol–water partition coefficient (Wildman–Crippen LogP) is 2.92. The second kappa shape index (κ2) is 9.47. The maximum absolute atomic E-state index is 12.3. The third-order valence-electron chi connectivity index (χ3n) is 3.13. The van der Waals surface area contributed by atoms with E-state index in [0.29, 0.717) is 18.1 Å². The average Bonchev–Trinajstić information content (AvgIpc) is 2.41. The van der Waals surface area contributed by atoms with Crippen LogP contribution in [0.3, 0.4) is 0 Å². The fourth-order valence-corrected chi connectivity index (χ4v) is 2.47. The van der Waals surface area contributed by atoms with Gasteiger partial charge in [-0.1, -0.05) is 0 Å². The number of carbonyl (C=O) groups is 2. The molecule has 22 heavy (non-hydrogen) atoms. The molecule has 0 heterocycles. The fraction of sp³-hybridized carbons (Fsp3) is 0.800. The molecule has 7 heteroatoms. The molecule has 128 valence electrons. The normalized spacial score (nSPS) is 13.1. The molecule has 0 aliphatic carbocycles. The van der Waals surface area contributed by atoms with Crippen LogP contribution in [0, 0.1) is 5.92 Å². The molecule has 0 aromatic carbocycles. The minimum atomic E-state index is -0.832. The zero-order valence-corrected chi connectivity index (χ0v) is 16.0. The van der Waals surface area contributed by atoms with Crippen LogP contribution in [-0.2, 0) is 19.1 Å². The predicted molar refractivity (Wildman–Crippen MR) is 93.5 cm³/mol. The van der Waals surface area contributed by atoms with Crippen LogP contribution in [0.1, 0.15) is 48.0 Å². The van der Waals surface area contributed by atoms with E-state index >= 15 is 0 Å². The van der Waals surface area contributed by atoms with Crippen LogP contribution in [0.5, 0.6) is 0 Å². The lowest BCUT2D eigenvalue weighted by atomic mass is 10.0. The Kier molecular flexibility index (Phi) is 9.19. The van der Waals surface area contributed by atoms with Crippen LogP contribution in [0.4, 0.5) is 0 Å². The standard InChI is InChI=1S/C15H28NO4S2/c1-7-16(22,8-2)14(21)12(15(18)20-11(5)6)9-13(17)19-10(3)4/h10-12,22H,7-9H2,1-6H3/q+1. The van der Waals surface area contributed by atoms with Crippen LogP contribution in [0.2, 0.25) is 0 Å². The lowest BCUT2D eigenvalue weighted by Gasteiger charge is -2.32. The molecule has 0 aromatic rings. The van der Waals surface area contributed by atoms with Crippen LogP contribution in [0.15, 0.2) is 0 Å². The van der Waals surface area contributed by atoms with E-state index in [1.807, 2.05) is 13.8 Å². The van der Waals surface area contributed by atoms with E-state index in [0.717, 1.165) is 0 Å². The molecular formula is C15H28NO4S2+. The number of nitrogens with zero attached hydrogens (tertiary/aromatic N) is 1. The molecule has 0 saturated carbocycles. The van der Waals surface area contributed by atoms with Crippen molar-refractivity contribution in [2.75, 3.05) is 13.1 Å². The molecule has 0 rings (SSSR count). The SMILES string of the molecule is CC[N+](S)(CC)C(=S)C(CC(=O)OC(C)C)C(=O)OC(C)C. The van der Waals surface area contributed by atoms with Crippen molar-refractivity contribution in [2.24, 2.45) is 5.92 Å². The topological polar surface area (TPSA) is 52.6 Å². The van der Waals surface area contributed by atoms with Crippen LogP contribution < -0.4 is 0 Å². The van der Waals surface area contributed by atoms with Gasteiger partial charge >= 0.3 is 11.9 Å². The highest BCUT2D eigenvalue weighted by molar-refractivity contribution is 7.82. The van der Waals surface area contributed by atoms with Gasteiger partial charge in [0.05, 0.1) is 44.5 Å². The summed E-state index contributed by atoms with van der Waals surface area (Å²) in [5, 5.41) is 0. The van der Waals surface area contributed by atoms with Gasteiger partial charge in [-0.3, -0.25) is 9.59 Å². The molecule has 1 atom stereocenters. The second-order valence-electron chi connectivity index (χ2n) is 5.67. The first-order chi connectivity index (χ1) is 10.1. The Labute approximate surface area is 144 Å². The lowest BCUT2D eigenvalue weighted by molar-refractivity contribution is -0.689. The summed E-state index contributed by atoms with van der Waals surface area (Å²) in [6.07, 6.45) is -0.636. The van der Waals surface area contributed by atoms with E-state index in [4.69, 9.17) is 21.7 Å². The number of esters is 2. The zero-order chi connectivity index (χ0) is 17.5. The molecule has 0 aromatic heterocycles. The zero-order valence-electron chi connectivity index (χ0n) is 14.3. The monoisotopic (exact) mass is 350 g/mol. The first kappa shape index (κ1) is 21.3. The lowest BCUT2D eigenvalue weighted by Crippen LogP contribution is -2.49. The van der Waals surface area contributed by atoms with Crippen molar-refractivity contribution in [3.8, 4) is 0 Å². The molecule has 0 N–H and O–H groups in total. The van der Waals surface area contributed by atoms with Gasteiger partial charge in [0.1, 0.15) is 0 Å². The van der Waals surface area contributed by atoms with E-state index in [-0.39, 0.29) is 22.5 Å². The van der Waals surface area contributed by atoms with Gasteiger partial charge in [0.25, 0.3) is 0 Å². The quantitative estimate of drug-likeness (QED) is 0.316. The molecule has 5 nitrogen and oxygen atoms in total. The van der Waals surface area contributed by atoms with Gasteiger partial charge in [-0.05, 0) is 53.8 Å². The fourth-order valence-electron chi connectivity index (χ4n) is 1.89. The summed E-state index contributed by atoms with van der Waals surface area (Å²) in [4.78, 5) is 24.7. The summed E-state index contributed by atoms with van der Waals surface area (Å²) >= 11 is 10.0. The van der Waals surface area contributed by atoms with E-state index in [9.17, 15) is 9.59 Å². The van der Waals surface area contributed by atoms with Crippen molar-refractivity contribution in [1.29, 1.82) is 0 Å². The Morgan fingerprint density at radius 3 is 1.86 bits per heavy atom. The number of hydrogen-bond acceptors (Lipinski definition) is 6. The van der Waals surface area contributed by atoms with Gasteiger partial charge < -0.3 is 9.47 Å². The minimum absolute atomic E-state index is 0.122. The summed E-state index contributed by atoms with van der Waals surface area (Å²) in [5.41, 5.74) is 0. The number of thiocarbonyl (C=S) groups is 1. The summed E-state index contributed by atoms with van der Waals surface area (Å²) < 4.78 is 10.5. The average molecular weight is 351 g/mol. The van der Waals surface area contributed by atoms with Gasteiger partial charge in [-0.25, -0.2) is 3.89 Å². The van der Waals surface area contributed by atoms with E-state index < -0.39 is 17.9 Å². The van der Waals surface area contributed by atoms with Gasteiger partial charge in [0.2, 0.25) is 4.99 Å². The number of thiol groups is 1. The van der Waals surface area contributed by atoms with E-state index in [1.165, 1.54) is 0 Å². The van der Waals surface area contributed by atoms with Gasteiger partial charge in [0, 0.05) is 0 Å². The number of rotatable bonds is 8. The molecular weight excluding hydrogens is 322 g/mol. The van der Waals surface area contributed by atoms with E-state index in [1.54, 1.807) is 27.7 Å². The Hall–Kier alpha value is -0.660. The Morgan fingerprint density at radius 2 is 1.50 bits per heavy atom. The summed E-state index contributed by atoms with van der Waals surface area (Å²) in [7, 11) is 0. The molecule has 0 fully saturated rings. The third kappa shape index (κ3) is 6.62. The molecule has 0 spiro atoms. The Balaban J connectivity index is 5.29. The molecule has 0 amide bonds. The van der Waals surface area contributed by atoms with Crippen molar-refractivity contribution < 1.29 is 23.0 Å². The maximum Gasteiger partial charge on any atom is 0.320 e. The van der Waals surface area contributed by atoms with Crippen molar-refractivity contribution in [3.05, 3.63) is 0 Å². The van der Waals surface area contributed by atoms with Gasteiger partial charge in [-0.2, -0.15) is 0 Å². The summed E-state index contributed by atoms with van der Waals surface area (Å²) in [6.45, 7) is 12.1. The number of carbonyl (C=O) groups excluding carboxylic acids is 2. The highest BCUT2D eigenvalue weighted by Crippen LogP contribution is 2.23. The van der Waals surface area contributed by atoms with Crippen molar-refractivity contribution >= 4 is 42.0 Å². The smallest absolute Gasteiger partial charge is 0.320 e. The first-order valence-corrected chi connectivity index (χ1v) is 8.42. The second-order valence-corrected chi connectivity index (χ2v) is 6.86. The number of quaternary nitrogens is 1.